The second-order valence-corrected chi connectivity index (χ2v) is 4.85. The van der Waals surface area contributed by atoms with Crippen molar-refractivity contribution in [3.8, 4) is 0 Å². The third kappa shape index (κ3) is 2.72. The van der Waals surface area contributed by atoms with E-state index >= 15 is 0 Å². The van der Waals surface area contributed by atoms with Crippen LogP contribution in [0.2, 0.25) is 0 Å². The van der Waals surface area contributed by atoms with Crippen LogP contribution in [0.4, 0.5) is 0 Å². The molecule has 1 aliphatic rings. The maximum atomic E-state index is 10.7. The van der Waals surface area contributed by atoms with Crippen molar-refractivity contribution < 1.29 is 14.6 Å². The number of ether oxygens (including phenoxy) is 1. The van der Waals surface area contributed by atoms with Gasteiger partial charge in [0.05, 0.1) is 12.1 Å². The van der Waals surface area contributed by atoms with E-state index in [0.717, 1.165) is 37.4 Å². The van der Waals surface area contributed by atoms with Crippen LogP contribution in [0.15, 0.2) is 0 Å². The topological polar surface area (TPSA) is 64.3 Å². The van der Waals surface area contributed by atoms with Crippen LogP contribution in [0.3, 0.4) is 0 Å². The smallest absolute Gasteiger partial charge is 0.303 e. The Morgan fingerprint density at radius 2 is 2.17 bits per heavy atom. The summed E-state index contributed by atoms with van der Waals surface area (Å²) in [6.45, 7) is 3.64. The molecule has 100 valence electrons. The van der Waals surface area contributed by atoms with Crippen LogP contribution in [0.1, 0.15) is 42.1 Å². The lowest BCUT2D eigenvalue weighted by Crippen LogP contribution is -2.16. The summed E-state index contributed by atoms with van der Waals surface area (Å²) < 4.78 is 7.25. The van der Waals surface area contributed by atoms with Gasteiger partial charge in [0.15, 0.2) is 0 Å². The van der Waals surface area contributed by atoms with Gasteiger partial charge in [-0.05, 0) is 31.2 Å². The Kier molecular flexibility index (Phi) is 4.01. The van der Waals surface area contributed by atoms with Crippen LogP contribution in [-0.2, 0) is 23.0 Å². The molecule has 1 saturated heterocycles. The SMILES string of the molecule is Cc1c(C2CCOCC2)c(CCC(=O)O)nn1C. The number of aryl methyl sites for hydroxylation is 2. The molecule has 2 heterocycles. The minimum absolute atomic E-state index is 0.146. The van der Waals surface area contributed by atoms with Gasteiger partial charge in [-0.25, -0.2) is 0 Å². The Hall–Kier alpha value is -1.36. The first-order valence-corrected chi connectivity index (χ1v) is 6.41. The van der Waals surface area contributed by atoms with Gasteiger partial charge in [0.25, 0.3) is 0 Å². The maximum absolute atomic E-state index is 10.7. The molecule has 5 nitrogen and oxygen atoms in total. The van der Waals surface area contributed by atoms with E-state index in [4.69, 9.17) is 9.84 Å². The quantitative estimate of drug-likeness (QED) is 0.884. The third-order valence-electron chi connectivity index (χ3n) is 3.66. The summed E-state index contributed by atoms with van der Waals surface area (Å²) in [6, 6.07) is 0. The molecule has 2 rings (SSSR count). The number of rotatable bonds is 4. The third-order valence-corrected chi connectivity index (χ3v) is 3.66. The van der Waals surface area contributed by atoms with Gasteiger partial charge in [-0.2, -0.15) is 5.10 Å². The highest BCUT2D eigenvalue weighted by atomic mass is 16.5. The van der Waals surface area contributed by atoms with Gasteiger partial charge < -0.3 is 9.84 Å². The second-order valence-electron chi connectivity index (χ2n) is 4.85. The van der Waals surface area contributed by atoms with E-state index in [2.05, 4.69) is 12.0 Å². The highest BCUT2D eigenvalue weighted by Crippen LogP contribution is 2.32. The molecular formula is C13H20N2O3. The molecule has 1 aliphatic heterocycles. The predicted octanol–water partition coefficient (Wildman–Crippen LogP) is 1.64. The van der Waals surface area contributed by atoms with Crippen molar-refractivity contribution in [3.63, 3.8) is 0 Å². The number of carboxylic acids is 1. The van der Waals surface area contributed by atoms with Gasteiger partial charge >= 0.3 is 5.97 Å². The fourth-order valence-corrected chi connectivity index (χ4v) is 2.62. The number of hydrogen-bond acceptors (Lipinski definition) is 3. The highest BCUT2D eigenvalue weighted by molar-refractivity contribution is 5.67. The summed E-state index contributed by atoms with van der Waals surface area (Å²) >= 11 is 0. The zero-order chi connectivity index (χ0) is 13.1. The Morgan fingerprint density at radius 3 is 2.78 bits per heavy atom. The molecule has 18 heavy (non-hydrogen) atoms. The van der Waals surface area contributed by atoms with Gasteiger partial charge in [-0.15, -0.1) is 0 Å². The highest BCUT2D eigenvalue weighted by Gasteiger charge is 2.24. The molecule has 1 fully saturated rings. The van der Waals surface area contributed by atoms with Crippen molar-refractivity contribution in [2.24, 2.45) is 7.05 Å². The molecule has 1 N–H and O–H groups in total. The Bertz CT molecular complexity index is 434. The molecule has 0 radical (unpaired) electrons. The maximum Gasteiger partial charge on any atom is 0.303 e. The van der Waals surface area contributed by atoms with Gasteiger partial charge in [0.1, 0.15) is 0 Å². The van der Waals surface area contributed by atoms with Crippen LogP contribution in [-0.4, -0.2) is 34.1 Å². The lowest BCUT2D eigenvalue weighted by molar-refractivity contribution is -0.136. The van der Waals surface area contributed by atoms with Gasteiger partial charge in [0, 0.05) is 32.4 Å². The monoisotopic (exact) mass is 252 g/mol. The van der Waals surface area contributed by atoms with Crippen molar-refractivity contribution in [3.05, 3.63) is 17.0 Å². The molecule has 0 atom stereocenters. The zero-order valence-corrected chi connectivity index (χ0v) is 11.0. The minimum atomic E-state index is -0.767. The molecule has 0 bridgehead atoms. The Balaban J connectivity index is 2.22. The first-order valence-electron chi connectivity index (χ1n) is 6.41. The number of aliphatic carboxylic acids is 1. The summed E-state index contributed by atoms with van der Waals surface area (Å²) in [6.07, 6.45) is 2.68. The van der Waals surface area contributed by atoms with Crippen molar-refractivity contribution in [1.29, 1.82) is 0 Å². The first-order chi connectivity index (χ1) is 8.59. The van der Waals surface area contributed by atoms with Crippen molar-refractivity contribution in [2.75, 3.05) is 13.2 Å². The fourth-order valence-electron chi connectivity index (χ4n) is 2.62. The van der Waals surface area contributed by atoms with E-state index in [-0.39, 0.29) is 6.42 Å². The average Bonchev–Trinajstić information content (AvgIpc) is 2.64. The molecule has 0 aromatic carbocycles. The van der Waals surface area contributed by atoms with E-state index in [1.807, 2.05) is 11.7 Å². The molecule has 1 aromatic heterocycles. The number of hydrogen-bond donors (Lipinski definition) is 1. The van der Waals surface area contributed by atoms with E-state index in [9.17, 15) is 4.79 Å². The molecular weight excluding hydrogens is 232 g/mol. The zero-order valence-electron chi connectivity index (χ0n) is 11.0. The normalized spacial score (nSPS) is 17.0. The molecule has 0 amide bonds. The number of aromatic nitrogens is 2. The van der Waals surface area contributed by atoms with Crippen molar-refractivity contribution >= 4 is 5.97 Å². The van der Waals surface area contributed by atoms with Crippen molar-refractivity contribution in [1.82, 2.24) is 9.78 Å². The largest absolute Gasteiger partial charge is 0.481 e. The average molecular weight is 252 g/mol. The fraction of sp³-hybridized carbons (Fsp3) is 0.692. The summed E-state index contributed by atoms with van der Waals surface area (Å²) in [5.41, 5.74) is 3.36. The predicted molar refractivity (Wildman–Crippen MR) is 66.7 cm³/mol. The molecule has 0 aliphatic carbocycles. The van der Waals surface area contributed by atoms with E-state index in [1.54, 1.807) is 0 Å². The van der Waals surface area contributed by atoms with Crippen LogP contribution in [0.25, 0.3) is 0 Å². The number of nitrogens with zero attached hydrogens (tertiary/aromatic N) is 2. The molecule has 1 aromatic rings. The molecule has 0 saturated carbocycles. The van der Waals surface area contributed by atoms with Crippen molar-refractivity contribution in [2.45, 2.75) is 38.5 Å². The lowest BCUT2D eigenvalue weighted by Gasteiger charge is -2.23. The van der Waals surface area contributed by atoms with E-state index in [1.165, 1.54) is 5.56 Å². The molecule has 5 heteroatoms. The van der Waals surface area contributed by atoms with E-state index < -0.39 is 5.97 Å². The standard InChI is InChI=1S/C13H20N2O3/c1-9-13(10-5-7-18-8-6-10)11(14-15(9)2)3-4-12(16)17/h10H,3-8H2,1-2H3,(H,16,17). The molecule has 0 spiro atoms. The lowest BCUT2D eigenvalue weighted by atomic mass is 9.89. The van der Waals surface area contributed by atoms with Crippen LogP contribution in [0.5, 0.6) is 0 Å². The van der Waals surface area contributed by atoms with Crippen LogP contribution < -0.4 is 0 Å². The minimum Gasteiger partial charge on any atom is -0.481 e. The Morgan fingerprint density at radius 1 is 1.50 bits per heavy atom. The van der Waals surface area contributed by atoms with E-state index in [0.29, 0.717) is 12.3 Å². The van der Waals surface area contributed by atoms with Crippen LogP contribution in [0, 0.1) is 6.92 Å². The van der Waals surface area contributed by atoms with Gasteiger partial charge in [-0.3, -0.25) is 9.48 Å². The summed E-state index contributed by atoms with van der Waals surface area (Å²) in [5, 5.41) is 13.3. The summed E-state index contributed by atoms with van der Waals surface area (Å²) in [4.78, 5) is 10.7. The Labute approximate surface area is 107 Å². The van der Waals surface area contributed by atoms with Gasteiger partial charge in [-0.1, -0.05) is 0 Å². The second kappa shape index (κ2) is 5.52. The first kappa shape index (κ1) is 13.1. The summed E-state index contributed by atoms with van der Waals surface area (Å²) in [5.74, 6) is -0.299. The number of carboxylic acid groups (broad SMARTS) is 1. The molecule has 0 unspecified atom stereocenters. The number of carbonyl (C=O) groups is 1. The van der Waals surface area contributed by atoms with Crippen LogP contribution >= 0.6 is 0 Å². The summed E-state index contributed by atoms with van der Waals surface area (Å²) in [7, 11) is 1.92. The van der Waals surface area contributed by atoms with Gasteiger partial charge in [0.2, 0.25) is 0 Å².